The fourth-order valence-corrected chi connectivity index (χ4v) is 1.05. The minimum atomic E-state index is 0.849. The summed E-state index contributed by atoms with van der Waals surface area (Å²) in [4.78, 5) is 0. The van der Waals surface area contributed by atoms with Crippen LogP contribution in [0, 0.1) is 0 Å². The summed E-state index contributed by atoms with van der Waals surface area (Å²) < 4.78 is 0. The van der Waals surface area contributed by atoms with Crippen LogP contribution in [-0.2, 0) is 0 Å². The van der Waals surface area contributed by atoms with Crippen LogP contribution in [0.2, 0.25) is 0 Å². The van der Waals surface area contributed by atoms with Crippen LogP contribution in [0.15, 0.2) is 23.7 Å². The molecule has 3 nitrogen and oxygen atoms in total. The minimum Gasteiger partial charge on any atom is -0.367 e. The molecular weight excluding hydrogens is 114 g/mol. The summed E-state index contributed by atoms with van der Waals surface area (Å²) in [6, 6.07) is 0. The van der Waals surface area contributed by atoms with E-state index in [4.69, 9.17) is 0 Å². The van der Waals surface area contributed by atoms with E-state index in [0.717, 1.165) is 19.0 Å². The second kappa shape index (κ2) is 1.69. The van der Waals surface area contributed by atoms with Crippen LogP contribution in [0.25, 0.3) is 0 Å². The Kier molecular flexibility index (Phi) is 0.886. The molecule has 0 aromatic carbocycles. The highest BCUT2D eigenvalue weighted by atomic mass is 15.2. The molecule has 2 rings (SSSR count). The summed E-state index contributed by atoms with van der Waals surface area (Å²) in [7, 11) is 0. The van der Waals surface area contributed by atoms with Crippen molar-refractivity contribution in [3.8, 4) is 0 Å². The molecule has 2 heterocycles. The Morgan fingerprint density at radius 2 is 2.22 bits per heavy atom. The SMILES string of the molecule is C1=CC2=C(NC1)NCN2. The predicted octanol–water partition coefficient (Wildman–Crippen LogP) is -0.535. The molecule has 3 heteroatoms. The molecule has 48 valence electrons. The quantitative estimate of drug-likeness (QED) is 0.405. The molecular formula is C6H9N3. The second-order valence-corrected chi connectivity index (χ2v) is 2.10. The zero-order valence-corrected chi connectivity index (χ0v) is 5.07. The fraction of sp³-hybridized carbons (Fsp3) is 0.333. The number of allylic oxidation sites excluding steroid dienone is 1. The lowest BCUT2D eigenvalue weighted by atomic mass is 10.3. The van der Waals surface area contributed by atoms with E-state index in [-0.39, 0.29) is 0 Å². The average molecular weight is 123 g/mol. The molecule has 0 spiro atoms. The van der Waals surface area contributed by atoms with Crippen molar-refractivity contribution >= 4 is 0 Å². The van der Waals surface area contributed by atoms with Gasteiger partial charge < -0.3 is 16.0 Å². The summed E-state index contributed by atoms with van der Waals surface area (Å²) in [6.07, 6.45) is 4.19. The second-order valence-electron chi connectivity index (χ2n) is 2.10. The lowest BCUT2D eigenvalue weighted by Crippen LogP contribution is -2.24. The van der Waals surface area contributed by atoms with Gasteiger partial charge in [0.2, 0.25) is 0 Å². The van der Waals surface area contributed by atoms with Gasteiger partial charge in [0, 0.05) is 6.54 Å². The van der Waals surface area contributed by atoms with Crippen molar-refractivity contribution in [1.29, 1.82) is 0 Å². The largest absolute Gasteiger partial charge is 0.367 e. The van der Waals surface area contributed by atoms with E-state index >= 15 is 0 Å². The van der Waals surface area contributed by atoms with Crippen molar-refractivity contribution in [3.63, 3.8) is 0 Å². The molecule has 0 saturated carbocycles. The lowest BCUT2D eigenvalue weighted by Gasteiger charge is -2.08. The third-order valence-electron chi connectivity index (χ3n) is 1.49. The van der Waals surface area contributed by atoms with Gasteiger partial charge in [0.15, 0.2) is 0 Å². The van der Waals surface area contributed by atoms with Crippen LogP contribution in [0.4, 0.5) is 0 Å². The van der Waals surface area contributed by atoms with Gasteiger partial charge in [-0.25, -0.2) is 0 Å². The van der Waals surface area contributed by atoms with Crippen molar-refractivity contribution < 1.29 is 0 Å². The Labute approximate surface area is 53.8 Å². The molecule has 0 saturated heterocycles. The molecule has 0 bridgehead atoms. The molecule has 9 heavy (non-hydrogen) atoms. The molecule has 0 fully saturated rings. The number of nitrogens with one attached hydrogen (secondary N) is 3. The van der Waals surface area contributed by atoms with E-state index in [2.05, 4.69) is 28.1 Å². The zero-order valence-electron chi connectivity index (χ0n) is 5.07. The number of hydrogen-bond acceptors (Lipinski definition) is 3. The molecule has 0 aromatic heterocycles. The highest BCUT2D eigenvalue weighted by Crippen LogP contribution is 2.04. The third-order valence-corrected chi connectivity index (χ3v) is 1.49. The van der Waals surface area contributed by atoms with E-state index in [1.54, 1.807) is 0 Å². The van der Waals surface area contributed by atoms with Crippen LogP contribution < -0.4 is 16.0 Å². The van der Waals surface area contributed by atoms with Crippen molar-refractivity contribution in [1.82, 2.24) is 16.0 Å². The first-order valence-electron chi connectivity index (χ1n) is 3.09. The van der Waals surface area contributed by atoms with E-state index in [1.165, 1.54) is 5.70 Å². The fourth-order valence-electron chi connectivity index (χ4n) is 1.05. The van der Waals surface area contributed by atoms with Gasteiger partial charge in [-0.15, -0.1) is 0 Å². The predicted molar refractivity (Wildman–Crippen MR) is 35.3 cm³/mol. The van der Waals surface area contributed by atoms with E-state index < -0.39 is 0 Å². The molecule has 0 unspecified atom stereocenters. The summed E-state index contributed by atoms with van der Waals surface area (Å²) in [5.41, 5.74) is 1.18. The van der Waals surface area contributed by atoms with E-state index in [1.807, 2.05) is 0 Å². The third kappa shape index (κ3) is 0.650. The molecule has 2 aliphatic heterocycles. The summed E-state index contributed by atoms with van der Waals surface area (Å²) in [6.45, 7) is 1.79. The van der Waals surface area contributed by atoms with Gasteiger partial charge in [-0.3, -0.25) is 0 Å². The minimum absolute atomic E-state index is 0.849. The maximum absolute atomic E-state index is 3.20. The van der Waals surface area contributed by atoms with Crippen molar-refractivity contribution in [2.45, 2.75) is 0 Å². The number of rotatable bonds is 0. The smallest absolute Gasteiger partial charge is 0.124 e. The van der Waals surface area contributed by atoms with Crippen molar-refractivity contribution in [3.05, 3.63) is 23.7 Å². The molecule has 3 N–H and O–H groups in total. The lowest BCUT2D eigenvalue weighted by molar-refractivity contribution is 0.749. The molecule has 0 aliphatic carbocycles. The summed E-state index contributed by atoms with van der Waals surface area (Å²) in [5, 5.41) is 9.54. The number of hydrogen-bond donors (Lipinski definition) is 3. The maximum Gasteiger partial charge on any atom is 0.124 e. The molecule has 0 radical (unpaired) electrons. The van der Waals surface area contributed by atoms with Gasteiger partial charge in [-0.1, -0.05) is 6.08 Å². The van der Waals surface area contributed by atoms with Gasteiger partial charge in [-0.2, -0.15) is 0 Å². The zero-order chi connectivity index (χ0) is 6.10. The maximum atomic E-state index is 3.20. The molecule has 0 atom stereocenters. The Bertz CT molecular complexity index is 181. The van der Waals surface area contributed by atoms with Gasteiger partial charge >= 0.3 is 0 Å². The monoisotopic (exact) mass is 123 g/mol. The molecule has 0 aromatic rings. The molecule has 0 amide bonds. The standard InChI is InChI=1S/C6H9N3/c1-2-5-6(7-3-1)9-4-8-5/h1-2,7-9H,3-4H2. The summed E-state index contributed by atoms with van der Waals surface area (Å²) >= 11 is 0. The van der Waals surface area contributed by atoms with E-state index in [9.17, 15) is 0 Å². The Morgan fingerprint density at radius 3 is 3.11 bits per heavy atom. The van der Waals surface area contributed by atoms with Crippen LogP contribution >= 0.6 is 0 Å². The highest BCUT2D eigenvalue weighted by molar-refractivity contribution is 5.28. The number of dihydropyridines is 1. The first-order chi connectivity index (χ1) is 4.47. The first kappa shape index (κ1) is 4.73. The molecule has 2 aliphatic rings. The van der Waals surface area contributed by atoms with Crippen LogP contribution in [0.5, 0.6) is 0 Å². The topological polar surface area (TPSA) is 36.1 Å². The average Bonchev–Trinajstić information content (AvgIpc) is 2.33. The van der Waals surface area contributed by atoms with Gasteiger partial charge in [0.25, 0.3) is 0 Å². The Morgan fingerprint density at radius 1 is 1.22 bits per heavy atom. The summed E-state index contributed by atoms with van der Waals surface area (Å²) in [5.74, 6) is 1.14. The van der Waals surface area contributed by atoms with Crippen LogP contribution in [0.3, 0.4) is 0 Å². The van der Waals surface area contributed by atoms with Gasteiger partial charge in [-0.05, 0) is 6.08 Å². The van der Waals surface area contributed by atoms with E-state index in [0.29, 0.717) is 0 Å². The highest BCUT2D eigenvalue weighted by Gasteiger charge is 2.11. The normalized spacial score (nSPS) is 22.2. The van der Waals surface area contributed by atoms with Gasteiger partial charge in [0.1, 0.15) is 5.82 Å². The van der Waals surface area contributed by atoms with Crippen molar-refractivity contribution in [2.75, 3.05) is 13.2 Å². The van der Waals surface area contributed by atoms with Crippen molar-refractivity contribution in [2.24, 2.45) is 0 Å². The van der Waals surface area contributed by atoms with Crippen LogP contribution in [-0.4, -0.2) is 13.2 Å². The first-order valence-corrected chi connectivity index (χ1v) is 3.09. The Balaban J connectivity index is 2.28. The van der Waals surface area contributed by atoms with Crippen LogP contribution in [0.1, 0.15) is 0 Å². The van der Waals surface area contributed by atoms with Gasteiger partial charge in [0.05, 0.1) is 12.4 Å². The Hall–Kier alpha value is -1.12.